The number of hydrogen-bond acceptors (Lipinski definition) is 4. The molecular weight excluding hydrogens is 202 g/mol. The van der Waals surface area contributed by atoms with Crippen molar-refractivity contribution in [1.82, 2.24) is 19.5 Å². The second kappa shape index (κ2) is 3.92. The van der Waals surface area contributed by atoms with Gasteiger partial charge in [0.15, 0.2) is 0 Å². The van der Waals surface area contributed by atoms with Gasteiger partial charge in [-0.05, 0) is 20.8 Å². The summed E-state index contributed by atoms with van der Waals surface area (Å²) in [6.45, 7) is 6.01. The minimum atomic E-state index is 0.843. The molecule has 0 aliphatic carbocycles. The summed E-state index contributed by atoms with van der Waals surface area (Å²) in [5.74, 6) is 1.72. The lowest BCUT2D eigenvalue weighted by Crippen LogP contribution is -2.05. The second-order valence-electron chi connectivity index (χ2n) is 3.71. The average Bonchev–Trinajstić information content (AvgIpc) is 2.61. The molecule has 2 heterocycles. The van der Waals surface area contributed by atoms with Gasteiger partial charge >= 0.3 is 0 Å². The summed E-state index contributed by atoms with van der Waals surface area (Å²) in [6.07, 6.45) is 3.35. The molecule has 0 amide bonds. The first-order valence-corrected chi connectivity index (χ1v) is 5.15. The molecule has 2 aromatic rings. The Morgan fingerprint density at radius 1 is 1.12 bits per heavy atom. The number of rotatable bonds is 2. The van der Waals surface area contributed by atoms with Gasteiger partial charge in [0.25, 0.3) is 0 Å². The summed E-state index contributed by atoms with van der Waals surface area (Å²) in [5.41, 5.74) is 3.14. The topological polar surface area (TPSA) is 55.6 Å². The van der Waals surface area contributed by atoms with Crippen LogP contribution in [-0.2, 0) is 0 Å². The lowest BCUT2D eigenvalue weighted by atomic mass is 10.3. The van der Waals surface area contributed by atoms with Gasteiger partial charge in [0.2, 0.25) is 0 Å². The zero-order valence-corrected chi connectivity index (χ0v) is 9.94. The zero-order chi connectivity index (χ0) is 11.7. The van der Waals surface area contributed by atoms with Crippen LogP contribution in [0.3, 0.4) is 0 Å². The molecule has 5 heteroatoms. The van der Waals surface area contributed by atoms with E-state index in [9.17, 15) is 0 Å². The molecule has 16 heavy (non-hydrogen) atoms. The molecule has 0 aliphatic heterocycles. The van der Waals surface area contributed by atoms with Crippen LogP contribution >= 0.6 is 0 Å². The van der Waals surface area contributed by atoms with Gasteiger partial charge in [-0.3, -0.25) is 4.57 Å². The summed E-state index contributed by atoms with van der Waals surface area (Å²) in [4.78, 5) is 12.7. The third kappa shape index (κ3) is 1.54. The van der Waals surface area contributed by atoms with Gasteiger partial charge < -0.3 is 5.32 Å². The van der Waals surface area contributed by atoms with Gasteiger partial charge in [-0.15, -0.1) is 0 Å². The predicted molar refractivity (Wildman–Crippen MR) is 62.9 cm³/mol. The fourth-order valence-corrected chi connectivity index (χ4v) is 1.65. The first-order chi connectivity index (χ1) is 7.65. The largest absolute Gasteiger partial charge is 0.373 e. The molecule has 0 saturated carbocycles. The van der Waals surface area contributed by atoms with E-state index in [2.05, 4.69) is 20.3 Å². The van der Waals surface area contributed by atoms with Gasteiger partial charge in [0, 0.05) is 18.3 Å². The maximum atomic E-state index is 4.30. The highest BCUT2D eigenvalue weighted by Crippen LogP contribution is 2.19. The molecule has 0 unspecified atom stereocenters. The van der Waals surface area contributed by atoms with Crippen molar-refractivity contribution in [2.45, 2.75) is 20.8 Å². The fraction of sp³-hybridized carbons (Fsp3) is 0.364. The molecular formula is C11H15N5. The third-order valence-electron chi connectivity index (χ3n) is 2.77. The van der Waals surface area contributed by atoms with Crippen molar-refractivity contribution >= 4 is 5.82 Å². The van der Waals surface area contributed by atoms with Crippen LogP contribution in [0.1, 0.15) is 17.0 Å². The van der Waals surface area contributed by atoms with Gasteiger partial charge in [-0.25, -0.2) is 15.0 Å². The van der Waals surface area contributed by atoms with Gasteiger partial charge in [0.05, 0.1) is 5.69 Å². The van der Waals surface area contributed by atoms with Crippen molar-refractivity contribution in [1.29, 1.82) is 0 Å². The maximum absolute atomic E-state index is 4.30. The van der Waals surface area contributed by atoms with Crippen LogP contribution in [0.15, 0.2) is 12.7 Å². The molecule has 0 bridgehead atoms. The van der Waals surface area contributed by atoms with Crippen molar-refractivity contribution in [2.24, 2.45) is 0 Å². The molecule has 5 nitrogen and oxygen atoms in total. The normalized spacial score (nSPS) is 10.5. The van der Waals surface area contributed by atoms with E-state index in [0.29, 0.717) is 0 Å². The standard InChI is InChI=1S/C11H15N5/c1-7-10(12-4)13-5-14-11(7)16-6-15-8(2)9(16)3/h5-6H,1-4H3,(H,12,13,14). The van der Waals surface area contributed by atoms with E-state index in [-0.39, 0.29) is 0 Å². The molecule has 0 saturated heterocycles. The number of aryl methyl sites for hydroxylation is 1. The van der Waals surface area contributed by atoms with E-state index in [0.717, 1.165) is 28.6 Å². The van der Waals surface area contributed by atoms with Crippen molar-refractivity contribution in [3.63, 3.8) is 0 Å². The van der Waals surface area contributed by atoms with E-state index in [1.165, 1.54) is 0 Å². The lowest BCUT2D eigenvalue weighted by molar-refractivity contribution is 0.919. The Morgan fingerprint density at radius 2 is 1.88 bits per heavy atom. The van der Waals surface area contributed by atoms with E-state index in [4.69, 9.17) is 0 Å². The van der Waals surface area contributed by atoms with E-state index >= 15 is 0 Å². The summed E-state index contributed by atoms with van der Waals surface area (Å²) in [6, 6.07) is 0. The molecule has 1 N–H and O–H groups in total. The monoisotopic (exact) mass is 217 g/mol. The third-order valence-corrected chi connectivity index (χ3v) is 2.77. The summed E-state index contributed by atoms with van der Waals surface area (Å²) >= 11 is 0. The number of anilines is 1. The Bertz CT molecular complexity index is 515. The molecule has 0 aromatic carbocycles. The summed E-state index contributed by atoms with van der Waals surface area (Å²) in [5, 5.41) is 3.05. The molecule has 0 aliphatic rings. The molecule has 0 atom stereocenters. The first kappa shape index (κ1) is 10.6. The lowest BCUT2D eigenvalue weighted by Gasteiger charge is -2.10. The number of nitrogens with zero attached hydrogens (tertiary/aromatic N) is 4. The number of nitrogens with one attached hydrogen (secondary N) is 1. The average molecular weight is 217 g/mol. The molecule has 84 valence electrons. The van der Waals surface area contributed by atoms with Crippen LogP contribution in [0.2, 0.25) is 0 Å². The van der Waals surface area contributed by atoms with E-state index in [1.54, 1.807) is 12.7 Å². The van der Waals surface area contributed by atoms with Crippen LogP contribution in [0.25, 0.3) is 5.82 Å². The SMILES string of the molecule is CNc1ncnc(-n2cnc(C)c2C)c1C. The molecule has 0 radical (unpaired) electrons. The van der Waals surface area contributed by atoms with Crippen LogP contribution in [0.4, 0.5) is 5.82 Å². The Hall–Kier alpha value is -1.91. The Kier molecular flexibility index (Phi) is 2.60. The molecule has 0 spiro atoms. The van der Waals surface area contributed by atoms with E-state index < -0.39 is 0 Å². The van der Waals surface area contributed by atoms with Crippen molar-refractivity contribution in [3.8, 4) is 5.82 Å². The van der Waals surface area contributed by atoms with Crippen LogP contribution < -0.4 is 5.32 Å². The zero-order valence-electron chi connectivity index (χ0n) is 9.94. The van der Waals surface area contributed by atoms with Crippen molar-refractivity contribution in [2.75, 3.05) is 12.4 Å². The second-order valence-corrected chi connectivity index (χ2v) is 3.71. The highest BCUT2D eigenvalue weighted by atomic mass is 15.1. The number of hydrogen-bond donors (Lipinski definition) is 1. The first-order valence-electron chi connectivity index (χ1n) is 5.15. The predicted octanol–water partition coefficient (Wildman–Crippen LogP) is 1.63. The number of aromatic nitrogens is 4. The van der Waals surface area contributed by atoms with Crippen LogP contribution in [0.5, 0.6) is 0 Å². The maximum Gasteiger partial charge on any atom is 0.146 e. The minimum Gasteiger partial charge on any atom is -0.373 e. The van der Waals surface area contributed by atoms with Crippen LogP contribution in [0, 0.1) is 20.8 Å². The molecule has 2 rings (SSSR count). The fourth-order valence-electron chi connectivity index (χ4n) is 1.65. The highest BCUT2D eigenvalue weighted by Gasteiger charge is 2.10. The minimum absolute atomic E-state index is 0.843. The Balaban J connectivity index is 2.60. The Labute approximate surface area is 94.6 Å². The van der Waals surface area contributed by atoms with Gasteiger partial charge in [-0.1, -0.05) is 0 Å². The number of imidazole rings is 1. The van der Waals surface area contributed by atoms with Crippen molar-refractivity contribution < 1.29 is 0 Å². The van der Waals surface area contributed by atoms with Crippen molar-refractivity contribution in [3.05, 3.63) is 29.6 Å². The Morgan fingerprint density at radius 3 is 2.44 bits per heavy atom. The van der Waals surface area contributed by atoms with Gasteiger partial charge in [0.1, 0.15) is 24.3 Å². The summed E-state index contributed by atoms with van der Waals surface area (Å²) < 4.78 is 1.98. The molecule has 0 fully saturated rings. The summed E-state index contributed by atoms with van der Waals surface area (Å²) in [7, 11) is 1.85. The van der Waals surface area contributed by atoms with E-state index in [1.807, 2.05) is 32.4 Å². The van der Waals surface area contributed by atoms with Gasteiger partial charge in [-0.2, -0.15) is 0 Å². The highest BCUT2D eigenvalue weighted by molar-refractivity contribution is 5.51. The smallest absolute Gasteiger partial charge is 0.146 e. The van der Waals surface area contributed by atoms with Crippen LogP contribution in [-0.4, -0.2) is 26.6 Å². The quantitative estimate of drug-likeness (QED) is 0.830. The molecule has 2 aromatic heterocycles.